The standard InChI is InChI=1S/C23H21N3O5S/c1-3-30-21(28)11-26-18-10-15(7-8-19(18)31-12-20(26)27)17-13-32-23(24-17)25-22(29)16-6-4-5-14(2)9-16/h4-10,13H,3,11-12H2,1-2H3,(H,24,25,29). The fraction of sp³-hybridized carbons (Fsp3) is 0.217. The lowest BCUT2D eigenvalue weighted by atomic mass is 10.1. The van der Waals surface area contributed by atoms with Gasteiger partial charge in [0, 0.05) is 16.5 Å². The predicted molar refractivity (Wildman–Crippen MR) is 121 cm³/mol. The second-order valence-corrected chi connectivity index (χ2v) is 7.98. The van der Waals surface area contributed by atoms with Gasteiger partial charge in [0.15, 0.2) is 11.7 Å². The van der Waals surface area contributed by atoms with Gasteiger partial charge >= 0.3 is 5.97 Å². The van der Waals surface area contributed by atoms with Crippen molar-refractivity contribution in [2.75, 3.05) is 30.0 Å². The van der Waals surface area contributed by atoms with Crippen LogP contribution in [0.3, 0.4) is 0 Å². The fourth-order valence-electron chi connectivity index (χ4n) is 3.29. The first-order chi connectivity index (χ1) is 15.4. The summed E-state index contributed by atoms with van der Waals surface area (Å²) in [5.41, 5.74) is 3.39. The van der Waals surface area contributed by atoms with Gasteiger partial charge in [0.1, 0.15) is 12.3 Å². The van der Waals surface area contributed by atoms with Gasteiger partial charge < -0.3 is 9.47 Å². The zero-order chi connectivity index (χ0) is 22.7. The van der Waals surface area contributed by atoms with E-state index in [4.69, 9.17) is 9.47 Å². The zero-order valence-corrected chi connectivity index (χ0v) is 18.4. The number of carbonyl (C=O) groups is 3. The Morgan fingerprint density at radius 1 is 1.25 bits per heavy atom. The van der Waals surface area contributed by atoms with Crippen LogP contribution in [0.5, 0.6) is 5.75 Å². The molecule has 9 heteroatoms. The maximum atomic E-state index is 12.5. The topological polar surface area (TPSA) is 97.8 Å². The Hall–Kier alpha value is -3.72. The monoisotopic (exact) mass is 451 g/mol. The highest BCUT2D eigenvalue weighted by atomic mass is 32.1. The summed E-state index contributed by atoms with van der Waals surface area (Å²) in [6.45, 7) is 3.54. The summed E-state index contributed by atoms with van der Waals surface area (Å²) in [4.78, 5) is 42.7. The van der Waals surface area contributed by atoms with Gasteiger partial charge in [-0.2, -0.15) is 0 Å². The molecule has 1 aliphatic heterocycles. The van der Waals surface area contributed by atoms with Crippen LogP contribution in [-0.4, -0.2) is 42.5 Å². The summed E-state index contributed by atoms with van der Waals surface area (Å²) in [7, 11) is 0. The van der Waals surface area contributed by atoms with Crippen LogP contribution in [0.25, 0.3) is 11.3 Å². The maximum absolute atomic E-state index is 12.5. The number of aromatic nitrogens is 1. The van der Waals surface area contributed by atoms with Crippen molar-refractivity contribution >= 4 is 39.9 Å². The molecule has 0 atom stereocenters. The Morgan fingerprint density at radius 3 is 2.88 bits per heavy atom. The molecular weight excluding hydrogens is 430 g/mol. The number of anilines is 2. The molecule has 0 saturated heterocycles. The quantitative estimate of drug-likeness (QED) is 0.575. The summed E-state index contributed by atoms with van der Waals surface area (Å²) >= 11 is 1.30. The average molecular weight is 452 g/mol. The number of nitrogens with one attached hydrogen (secondary N) is 1. The molecule has 8 nitrogen and oxygen atoms in total. The number of hydrogen-bond donors (Lipinski definition) is 1. The maximum Gasteiger partial charge on any atom is 0.326 e. The Kier molecular flexibility index (Phi) is 6.18. The van der Waals surface area contributed by atoms with E-state index in [2.05, 4.69) is 10.3 Å². The molecule has 1 aliphatic rings. The van der Waals surface area contributed by atoms with Crippen LogP contribution >= 0.6 is 11.3 Å². The molecule has 0 radical (unpaired) electrons. The van der Waals surface area contributed by atoms with Gasteiger partial charge in [-0.3, -0.25) is 24.6 Å². The number of carbonyl (C=O) groups excluding carboxylic acids is 3. The molecule has 1 aromatic heterocycles. The van der Waals surface area contributed by atoms with Crippen molar-refractivity contribution in [3.8, 4) is 17.0 Å². The first kappa shape index (κ1) is 21.5. The summed E-state index contributed by atoms with van der Waals surface area (Å²) < 4.78 is 10.5. The lowest BCUT2D eigenvalue weighted by molar-refractivity contribution is -0.142. The van der Waals surface area contributed by atoms with Gasteiger partial charge in [0.25, 0.3) is 11.8 Å². The number of nitrogens with zero attached hydrogens (tertiary/aromatic N) is 2. The summed E-state index contributed by atoms with van der Waals surface area (Å²) in [6, 6.07) is 12.6. The molecule has 164 valence electrons. The summed E-state index contributed by atoms with van der Waals surface area (Å²) in [5.74, 6) is -0.554. The van der Waals surface area contributed by atoms with Crippen LogP contribution in [0.1, 0.15) is 22.8 Å². The molecule has 0 aliphatic carbocycles. The predicted octanol–water partition coefficient (Wildman–Crippen LogP) is 3.66. The molecular formula is C23H21N3O5S. The van der Waals surface area contributed by atoms with Crippen LogP contribution in [-0.2, 0) is 14.3 Å². The highest BCUT2D eigenvalue weighted by Gasteiger charge is 2.28. The molecule has 2 aromatic carbocycles. The number of ether oxygens (including phenoxy) is 2. The van der Waals surface area contributed by atoms with E-state index >= 15 is 0 Å². The van der Waals surface area contributed by atoms with Crippen LogP contribution in [0, 0.1) is 6.92 Å². The van der Waals surface area contributed by atoms with Gasteiger partial charge in [-0.1, -0.05) is 17.7 Å². The van der Waals surface area contributed by atoms with E-state index in [1.165, 1.54) is 16.2 Å². The van der Waals surface area contributed by atoms with Crippen molar-refractivity contribution in [3.63, 3.8) is 0 Å². The summed E-state index contributed by atoms with van der Waals surface area (Å²) in [6.07, 6.45) is 0. The van der Waals surface area contributed by atoms with Crippen LogP contribution in [0.15, 0.2) is 47.8 Å². The number of esters is 1. The van der Waals surface area contributed by atoms with E-state index in [-0.39, 0.29) is 31.6 Å². The minimum Gasteiger partial charge on any atom is -0.482 e. The number of amides is 2. The average Bonchev–Trinajstić information content (AvgIpc) is 3.24. The number of rotatable bonds is 6. The van der Waals surface area contributed by atoms with Gasteiger partial charge in [-0.15, -0.1) is 11.3 Å². The minimum atomic E-state index is -0.492. The van der Waals surface area contributed by atoms with E-state index < -0.39 is 5.97 Å². The van der Waals surface area contributed by atoms with Crippen LogP contribution < -0.4 is 15.0 Å². The van der Waals surface area contributed by atoms with Gasteiger partial charge in [-0.05, 0) is 44.2 Å². The second kappa shape index (κ2) is 9.19. The van der Waals surface area contributed by atoms with Crippen molar-refractivity contribution < 1.29 is 23.9 Å². The first-order valence-electron chi connectivity index (χ1n) is 10.0. The molecule has 2 amide bonds. The van der Waals surface area contributed by atoms with Crippen LogP contribution in [0.2, 0.25) is 0 Å². The Balaban J connectivity index is 1.56. The molecule has 32 heavy (non-hydrogen) atoms. The summed E-state index contributed by atoms with van der Waals surface area (Å²) in [5, 5.41) is 5.08. The van der Waals surface area contributed by atoms with E-state index in [1.807, 2.05) is 36.6 Å². The Morgan fingerprint density at radius 2 is 2.09 bits per heavy atom. The number of benzene rings is 2. The third-order valence-corrected chi connectivity index (χ3v) is 5.55. The number of thiazole rings is 1. The second-order valence-electron chi connectivity index (χ2n) is 7.12. The Bertz CT molecular complexity index is 1190. The third kappa shape index (κ3) is 4.62. The number of hydrogen-bond acceptors (Lipinski definition) is 7. The number of aryl methyl sites for hydroxylation is 1. The molecule has 1 N–H and O–H groups in total. The molecule has 0 unspecified atom stereocenters. The van der Waals surface area contributed by atoms with Gasteiger partial charge in [0.05, 0.1) is 18.0 Å². The molecule has 0 saturated carbocycles. The van der Waals surface area contributed by atoms with E-state index in [1.54, 1.807) is 25.1 Å². The van der Waals surface area contributed by atoms with Crippen molar-refractivity contribution in [2.45, 2.75) is 13.8 Å². The first-order valence-corrected chi connectivity index (χ1v) is 10.9. The van der Waals surface area contributed by atoms with E-state index in [0.29, 0.717) is 27.8 Å². The minimum absolute atomic E-state index is 0.141. The number of fused-ring (bicyclic) bond motifs is 1. The van der Waals surface area contributed by atoms with Gasteiger partial charge in [-0.25, -0.2) is 4.98 Å². The van der Waals surface area contributed by atoms with Crippen molar-refractivity contribution in [1.82, 2.24) is 4.98 Å². The molecule has 0 spiro atoms. The van der Waals surface area contributed by atoms with Crippen molar-refractivity contribution in [1.29, 1.82) is 0 Å². The van der Waals surface area contributed by atoms with Gasteiger partial charge in [0.2, 0.25) is 0 Å². The third-order valence-electron chi connectivity index (χ3n) is 4.80. The smallest absolute Gasteiger partial charge is 0.326 e. The highest BCUT2D eigenvalue weighted by molar-refractivity contribution is 7.14. The fourth-order valence-corrected chi connectivity index (χ4v) is 4.00. The normalized spacial score (nSPS) is 12.7. The zero-order valence-electron chi connectivity index (χ0n) is 17.6. The molecule has 0 fully saturated rings. The lowest BCUT2D eigenvalue weighted by Crippen LogP contribution is -2.42. The molecule has 0 bridgehead atoms. The Labute approximate surface area is 188 Å². The molecule has 3 aromatic rings. The van der Waals surface area contributed by atoms with E-state index in [0.717, 1.165) is 11.1 Å². The lowest BCUT2D eigenvalue weighted by Gasteiger charge is -2.28. The van der Waals surface area contributed by atoms with E-state index in [9.17, 15) is 14.4 Å². The molecule has 2 heterocycles. The highest BCUT2D eigenvalue weighted by Crippen LogP contribution is 2.36. The van der Waals surface area contributed by atoms with Crippen LogP contribution in [0.4, 0.5) is 10.8 Å². The largest absolute Gasteiger partial charge is 0.482 e. The van der Waals surface area contributed by atoms with Crippen molar-refractivity contribution in [3.05, 3.63) is 59.0 Å². The van der Waals surface area contributed by atoms with Crippen molar-refractivity contribution in [2.24, 2.45) is 0 Å². The SMILES string of the molecule is CCOC(=O)CN1C(=O)COc2ccc(-c3csc(NC(=O)c4cccc(C)c4)n3)cc21. The molecule has 4 rings (SSSR count).